The number of carbonyl (C=O) groups excluding carboxylic acids is 1. The second-order valence-corrected chi connectivity index (χ2v) is 7.46. The van der Waals surface area contributed by atoms with E-state index in [1.54, 1.807) is 0 Å². The third kappa shape index (κ3) is 3.90. The Morgan fingerprint density at radius 3 is 2.50 bits per heavy atom. The number of anilines is 1. The van der Waals surface area contributed by atoms with Gasteiger partial charge in [-0.15, -0.1) is 10.2 Å². The maximum absolute atomic E-state index is 12.8. The molecule has 0 atom stereocenters. The highest BCUT2D eigenvalue weighted by molar-refractivity contribution is 7.14. The molecule has 0 saturated carbocycles. The topological polar surface area (TPSA) is 80.7 Å². The molecular formula is C20H14ClN5OS. The van der Waals surface area contributed by atoms with Crippen LogP contribution in [0.3, 0.4) is 0 Å². The van der Waals surface area contributed by atoms with E-state index >= 15 is 0 Å². The molecule has 8 heteroatoms. The van der Waals surface area contributed by atoms with Gasteiger partial charge in [0.05, 0.1) is 5.69 Å². The molecule has 0 fully saturated rings. The minimum absolute atomic E-state index is 0.183. The number of aromatic nitrogens is 4. The van der Waals surface area contributed by atoms with Crippen molar-refractivity contribution in [3.63, 3.8) is 0 Å². The van der Waals surface area contributed by atoms with Crippen molar-refractivity contribution >= 4 is 34.5 Å². The van der Waals surface area contributed by atoms with Crippen LogP contribution in [0.2, 0.25) is 5.15 Å². The van der Waals surface area contributed by atoms with Crippen LogP contribution in [0.4, 0.5) is 5.69 Å². The second-order valence-electron chi connectivity index (χ2n) is 5.89. The molecule has 0 radical (unpaired) electrons. The van der Waals surface area contributed by atoms with E-state index in [1.165, 1.54) is 17.4 Å². The lowest BCUT2D eigenvalue weighted by Gasteiger charge is -2.10. The summed E-state index contributed by atoms with van der Waals surface area (Å²) in [5.74, 6) is 0.0152. The van der Waals surface area contributed by atoms with Gasteiger partial charge in [-0.2, -0.15) is 0 Å². The third-order valence-corrected chi connectivity index (χ3v) is 4.96. The zero-order chi connectivity index (χ0) is 19.5. The standard InChI is InChI=1S/C20H14ClN5OS/c1-12-25-26-20(28-12)14-9-5-6-10-15(14)23-19(27)16-11-17(21)24-18(22-16)13-7-3-2-4-8-13/h2-11H,1H3,(H,23,27). The smallest absolute Gasteiger partial charge is 0.274 e. The Kier molecular flexibility index (Phi) is 5.10. The summed E-state index contributed by atoms with van der Waals surface area (Å²) in [5, 5.41) is 12.9. The average molecular weight is 408 g/mol. The number of halogens is 1. The van der Waals surface area contributed by atoms with Crippen molar-refractivity contribution in [2.24, 2.45) is 0 Å². The first kappa shape index (κ1) is 18.2. The highest BCUT2D eigenvalue weighted by atomic mass is 35.5. The zero-order valence-electron chi connectivity index (χ0n) is 14.8. The SMILES string of the molecule is Cc1nnc(-c2ccccc2NC(=O)c2cc(Cl)nc(-c3ccccc3)n2)s1. The van der Waals surface area contributed by atoms with Gasteiger partial charge < -0.3 is 5.32 Å². The van der Waals surface area contributed by atoms with E-state index in [9.17, 15) is 4.79 Å². The minimum atomic E-state index is -0.379. The fraction of sp³-hybridized carbons (Fsp3) is 0.0500. The largest absolute Gasteiger partial charge is 0.320 e. The van der Waals surface area contributed by atoms with Crippen LogP contribution >= 0.6 is 22.9 Å². The molecule has 0 bridgehead atoms. The number of nitrogens with one attached hydrogen (secondary N) is 1. The minimum Gasteiger partial charge on any atom is -0.320 e. The van der Waals surface area contributed by atoms with Crippen LogP contribution in [0.1, 0.15) is 15.5 Å². The van der Waals surface area contributed by atoms with Crippen molar-refractivity contribution in [1.29, 1.82) is 0 Å². The molecule has 4 rings (SSSR count). The molecule has 0 aliphatic carbocycles. The van der Waals surface area contributed by atoms with Crippen molar-refractivity contribution < 1.29 is 4.79 Å². The summed E-state index contributed by atoms with van der Waals surface area (Å²) in [4.78, 5) is 21.4. The van der Waals surface area contributed by atoms with E-state index in [0.717, 1.165) is 21.1 Å². The van der Waals surface area contributed by atoms with Gasteiger partial charge in [0.15, 0.2) is 5.82 Å². The third-order valence-electron chi connectivity index (χ3n) is 3.89. The Hall–Kier alpha value is -3.16. The zero-order valence-corrected chi connectivity index (χ0v) is 16.3. The van der Waals surface area contributed by atoms with Gasteiger partial charge in [0.1, 0.15) is 20.9 Å². The Balaban J connectivity index is 1.66. The first-order valence-electron chi connectivity index (χ1n) is 8.41. The summed E-state index contributed by atoms with van der Waals surface area (Å²) < 4.78 is 0. The summed E-state index contributed by atoms with van der Waals surface area (Å²) in [6.07, 6.45) is 0. The van der Waals surface area contributed by atoms with Crippen molar-refractivity contribution in [3.05, 3.63) is 76.5 Å². The number of benzene rings is 2. The summed E-state index contributed by atoms with van der Waals surface area (Å²) in [7, 11) is 0. The molecule has 1 N–H and O–H groups in total. The maximum atomic E-state index is 12.8. The van der Waals surface area contributed by atoms with E-state index < -0.39 is 0 Å². The summed E-state index contributed by atoms with van der Waals surface area (Å²) >= 11 is 7.59. The van der Waals surface area contributed by atoms with Crippen LogP contribution in [0.25, 0.3) is 22.0 Å². The Morgan fingerprint density at radius 2 is 1.75 bits per heavy atom. The summed E-state index contributed by atoms with van der Waals surface area (Å²) in [5.41, 5.74) is 2.38. The van der Waals surface area contributed by atoms with Gasteiger partial charge >= 0.3 is 0 Å². The number of nitrogens with zero attached hydrogens (tertiary/aromatic N) is 4. The van der Waals surface area contributed by atoms with Crippen LogP contribution in [0.15, 0.2) is 60.7 Å². The number of para-hydroxylation sites is 1. The molecule has 0 spiro atoms. The molecular weight excluding hydrogens is 394 g/mol. The highest BCUT2D eigenvalue weighted by Crippen LogP contribution is 2.30. The number of hydrogen-bond acceptors (Lipinski definition) is 6. The van der Waals surface area contributed by atoms with Gasteiger partial charge in [-0.1, -0.05) is 65.4 Å². The van der Waals surface area contributed by atoms with Crippen LogP contribution in [-0.4, -0.2) is 26.1 Å². The monoisotopic (exact) mass is 407 g/mol. The fourth-order valence-electron chi connectivity index (χ4n) is 2.62. The Bertz CT molecular complexity index is 1150. The molecule has 1 amide bonds. The predicted molar refractivity (Wildman–Crippen MR) is 111 cm³/mol. The van der Waals surface area contributed by atoms with E-state index in [4.69, 9.17) is 11.6 Å². The number of rotatable bonds is 4. The van der Waals surface area contributed by atoms with E-state index in [-0.39, 0.29) is 16.8 Å². The quantitative estimate of drug-likeness (QED) is 0.488. The molecule has 28 heavy (non-hydrogen) atoms. The summed E-state index contributed by atoms with van der Waals surface area (Å²) in [6, 6.07) is 18.2. The van der Waals surface area contributed by atoms with Crippen molar-refractivity contribution in [2.75, 3.05) is 5.32 Å². The van der Waals surface area contributed by atoms with Crippen molar-refractivity contribution in [2.45, 2.75) is 6.92 Å². The van der Waals surface area contributed by atoms with Crippen LogP contribution < -0.4 is 5.32 Å². The number of carbonyl (C=O) groups is 1. The summed E-state index contributed by atoms with van der Waals surface area (Å²) in [6.45, 7) is 1.89. The van der Waals surface area contributed by atoms with Crippen molar-refractivity contribution in [3.8, 4) is 22.0 Å². The number of aryl methyl sites for hydroxylation is 1. The molecule has 4 aromatic rings. The van der Waals surface area contributed by atoms with E-state index in [2.05, 4.69) is 25.5 Å². The molecule has 2 aromatic carbocycles. The molecule has 2 aromatic heterocycles. The number of amides is 1. The average Bonchev–Trinajstić information content (AvgIpc) is 3.15. The Morgan fingerprint density at radius 1 is 1.00 bits per heavy atom. The lowest BCUT2D eigenvalue weighted by Crippen LogP contribution is -2.15. The van der Waals surface area contributed by atoms with Gasteiger partial charge in [-0.3, -0.25) is 4.79 Å². The predicted octanol–water partition coefficient (Wildman–Crippen LogP) is 4.88. The van der Waals surface area contributed by atoms with Crippen LogP contribution in [0.5, 0.6) is 0 Å². The molecule has 138 valence electrons. The lowest BCUT2D eigenvalue weighted by atomic mass is 10.2. The first-order chi connectivity index (χ1) is 13.6. The highest BCUT2D eigenvalue weighted by Gasteiger charge is 2.16. The molecule has 6 nitrogen and oxygen atoms in total. The molecule has 0 aliphatic heterocycles. The van der Waals surface area contributed by atoms with E-state index in [0.29, 0.717) is 11.5 Å². The number of hydrogen-bond donors (Lipinski definition) is 1. The first-order valence-corrected chi connectivity index (χ1v) is 9.60. The normalized spacial score (nSPS) is 10.6. The second kappa shape index (κ2) is 7.84. The van der Waals surface area contributed by atoms with Gasteiger partial charge in [0.25, 0.3) is 5.91 Å². The molecule has 0 unspecified atom stereocenters. The van der Waals surface area contributed by atoms with Gasteiger partial charge in [0, 0.05) is 17.2 Å². The Labute approximate surface area is 170 Å². The lowest BCUT2D eigenvalue weighted by molar-refractivity contribution is 0.102. The molecule has 2 heterocycles. The van der Waals surface area contributed by atoms with Crippen molar-refractivity contribution in [1.82, 2.24) is 20.2 Å². The molecule has 0 aliphatic rings. The maximum Gasteiger partial charge on any atom is 0.274 e. The van der Waals surface area contributed by atoms with Gasteiger partial charge in [-0.05, 0) is 19.1 Å². The van der Waals surface area contributed by atoms with Gasteiger partial charge in [-0.25, -0.2) is 9.97 Å². The molecule has 0 saturated heterocycles. The fourth-order valence-corrected chi connectivity index (χ4v) is 3.54. The van der Waals surface area contributed by atoms with E-state index in [1.807, 2.05) is 61.5 Å². The van der Waals surface area contributed by atoms with Gasteiger partial charge in [0.2, 0.25) is 0 Å². The van der Waals surface area contributed by atoms with Crippen LogP contribution in [-0.2, 0) is 0 Å². The van der Waals surface area contributed by atoms with Crippen LogP contribution in [0, 0.1) is 6.92 Å².